The summed E-state index contributed by atoms with van der Waals surface area (Å²) in [5, 5.41) is 4.14. The molecule has 1 atom stereocenters. The van der Waals surface area contributed by atoms with Gasteiger partial charge in [0.25, 0.3) is 5.95 Å². The maximum absolute atomic E-state index is 5.82. The predicted octanol–water partition coefficient (Wildman–Crippen LogP) is 1.26. The highest BCUT2D eigenvalue weighted by atomic mass is 15.4. The molecule has 7 nitrogen and oxygen atoms in total. The molecule has 0 bridgehead atoms. The molecule has 0 spiro atoms. The zero-order valence-electron chi connectivity index (χ0n) is 11.8. The van der Waals surface area contributed by atoms with Crippen LogP contribution >= 0.6 is 0 Å². The van der Waals surface area contributed by atoms with Gasteiger partial charge in [-0.05, 0) is 24.8 Å². The Morgan fingerprint density at radius 2 is 2.05 bits per heavy atom. The molecule has 1 aliphatic heterocycles. The monoisotopic (exact) mass is 273 g/mol. The highest BCUT2D eigenvalue weighted by Gasteiger charge is 2.29. The zero-order valence-corrected chi connectivity index (χ0v) is 11.8. The summed E-state index contributed by atoms with van der Waals surface area (Å²) in [6.45, 7) is 5.41. The number of rotatable bonds is 3. The molecule has 20 heavy (non-hydrogen) atoms. The summed E-state index contributed by atoms with van der Waals surface area (Å²) >= 11 is 0. The Morgan fingerprint density at radius 3 is 2.75 bits per heavy atom. The van der Waals surface area contributed by atoms with Crippen LogP contribution in [0.2, 0.25) is 0 Å². The molecule has 0 aliphatic carbocycles. The lowest BCUT2D eigenvalue weighted by molar-refractivity contribution is 0.486. The molecule has 1 aliphatic rings. The van der Waals surface area contributed by atoms with Gasteiger partial charge in [-0.1, -0.05) is 13.8 Å². The van der Waals surface area contributed by atoms with E-state index in [-0.39, 0.29) is 5.95 Å². The molecule has 2 aromatic rings. The van der Waals surface area contributed by atoms with E-state index in [2.05, 4.69) is 38.8 Å². The summed E-state index contributed by atoms with van der Waals surface area (Å²) < 4.78 is 1.60. The van der Waals surface area contributed by atoms with Crippen LogP contribution < -0.4 is 10.6 Å². The van der Waals surface area contributed by atoms with Crippen molar-refractivity contribution in [1.82, 2.24) is 24.7 Å². The second-order valence-corrected chi connectivity index (χ2v) is 5.39. The third-order valence-electron chi connectivity index (χ3n) is 3.66. The van der Waals surface area contributed by atoms with E-state index in [1.165, 1.54) is 6.42 Å². The first-order valence-electron chi connectivity index (χ1n) is 6.93. The fraction of sp³-hybridized carbons (Fsp3) is 0.538. The molecular formula is C13H19N7. The number of nitrogen functional groups attached to an aromatic ring is 1. The molecule has 0 radical (unpaired) electrons. The first kappa shape index (κ1) is 12.8. The van der Waals surface area contributed by atoms with Crippen molar-refractivity contribution in [3.8, 4) is 5.95 Å². The SMILES string of the molecule is CC(C)C1CCCN1c1nc(N)nc(-n2cccn2)n1. The van der Waals surface area contributed by atoms with Crippen LogP contribution in [0.3, 0.4) is 0 Å². The number of nitrogens with zero attached hydrogens (tertiary/aromatic N) is 6. The number of hydrogen-bond acceptors (Lipinski definition) is 6. The summed E-state index contributed by atoms with van der Waals surface area (Å²) in [6.07, 6.45) is 5.81. The van der Waals surface area contributed by atoms with Crippen molar-refractivity contribution in [2.45, 2.75) is 32.7 Å². The van der Waals surface area contributed by atoms with Gasteiger partial charge in [0.15, 0.2) is 0 Å². The van der Waals surface area contributed by atoms with Crippen molar-refractivity contribution in [1.29, 1.82) is 0 Å². The molecule has 3 heterocycles. The van der Waals surface area contributed by atoms with Gasteiger partial charge in [0.1, 0.15) is 0 Å². The fourth-order valence-corrected chi connectivity index (χ4v) is 2.72. The van der Waals surface area contributed by atoms with Crippen LogP contribution in [-0.2, 0) is 0 Å². The number of hydrogen-bond donors (Lipinski definition) is 1. The molecule has 0 amide bonds. The van der Waals surface area contributed by atoms with E-state index in [0.717, 1.165) is 13.0 Å². The highest BCUT2D eigenvalue weighted by Crippen LogP contribution is 2.27. The lowest BCUT2D eigenvalue weighted by Gasteiger charge is -2.27. The maximum atomic E-state index is 5.82. The summed E-state index contributed by atoms with van der Waals surface area (Å²) in [6, 6.07) is 2.29. The molecule has 1 unspecified atom stereocenters. The molecule has 2 N–H and O–H groups in total. The Balaban J connectivity index is 1.98. The molecule has 106 valence electrons. The molecule has 0 aromatic carbocycles. The summed E-state index contributed by atoms with van der Waals surface area (Å²) in [4.78, 5) is 15.2. The molecule has 0 saturated carbocycles. The minimum atomic E-state index is 0.231. The summed E-state index contributed by atoms with van der Waals surface area (Å²) in [5.41, 5.74) is 5.82. The van der Waals surface area contributed by atoms with Gasteiger partial charge < -0.3 is 10.6 Å². The van der Waals surface area contributed by atoms with E-state index in [1.54, 1.807) is 17.1 Å². The topological polar surface area (TPSA) is 85.8 Å². The smallest absolute Gasteiger partial charge is 0.257 e. The lowest BCUT2D eigenvalue weighted by Crippen LogP contribution is -2.35. The van der Waals surface area contributed by atoms with Gasteiger partial charge in [-0.2, -0.15) is 20.1 Å². The van der Waals surface area contributed by atoms with E-state index in [0.29, 0.717) is 23.9 Å². The molecule has 3 rings (SSSR count). The number of anilines is 2. The van der Waals surface area contributed by atoms with Crippen LogP contribution in [0.1, 0.15) is 26.7 Å². The van der Waals surface area contributed by atoms with Crippen molar-refractivity contribution in [2.24, 2.45) is 5.92 Å². The van der Waals surface area contributed by atoms with Gasteiger partial charge in [0.2, 0.25) is 11.9 Å². The first-order chi connectivity index (χ1) is 9.65. The van der Waals surface area contributed by atoms with Crippen LogP contribution in [0, 0.1) is 5.92 Å². The second kappa shape index (κ2) is 5.07. The second-order valence-electron chi connectivity index (χ2n) is 5.39. The van der Waals surface area contributed by atoms with Crippen molar-refractivity contribution in [3.63, 3.8) is 0 Å². The van der Waals surface area contributed by atoms with Gasteiger partial charge in [0.05, 0.1) is 0 Å². The van der Waals surface area contributed by atoms with Gasteiger partial charge in [-0.3, -0.25) is 0 Å². The standard InChI is InChI=1S/C13H19N7/c1-9(2)10-5-3-7-19(10)12-16-11(14)17-13(18-12)20-8-4-6-15-20/h4,6,8-10H,3,5,7H2,1-2H3,(H2,14,16,17,18). The van der Waals surface area contributed by atoms with E-state index in [4.69, 9.17) is 5.73 Å². The van der Waals surface area contributed by atoms with E-state index < -0.39 is 0 Å². The Hall–Kier alpha value is -2.18. The minimum Gasteiger partial charge on any atom is -0.368 e. The predicted molar refractivity (Wildman–Crippen MR) is 76.6 cm³/mol. The van der Waals surface area contributed by atoms with Gasteiger partial charge in [-0.25, -0.2) is 4.68 Å². The Labute approximate surface area is 117 Å². The van der Waals surface area contributed by atoms with Crippen LogP contribution in [0.15, 0.2) is 18.5 Å². The Morgan fingerprint density at radius 1 is 1.25 bits per heavy atom. The lowest BCUT2D eigenvalue weighted by atomic mass is 10.0. The molecule has 7 heteroatoms. The van der Waals surface area contributed by atoms with Crippen LogP contribution in [0.5, 0.6) is 0 Å². The Kier molecular flexibility index (Phi) is 3.25. The molecule has 2 aromatic heterocycles. The van der Waals surface area contributed by atoms with Crippen molar-refractivity contribution >= 4 is 11.9 Å². The first-order valence-corrected chi connectivity index (χ1v) is 6.93. The molecule has 1 saturated heterocycles. The average Bonchev–Trinajstić information content (AvgIpc) is 3.09. The van der Waals surface area contributed by atoms with E-state index in [1.807, 2.05) is 6.07 Å². The molecular weight excluding hydrogens is 254 g/mol. The maximum Gasteiger partial charge on any atom is 0.257 e. The summed E-state index contributed by atoms with van der Waals surface area (Å²) in [5.74, 6) is 1.91. The third-order valence-corrected chi connectivity index (χ3v) is 3.66. The van der Waals surface area contributed by atoms with Crippen molar-refractivity contribution in [3.05, 3.63) is 18.5 Å². The van der Waals surface area contributed by atoms with Crippen molar-refractivity contribution < 1.29 is 0 Å². The van der Waals surface area contributed by atoms with Crippen LogP contribution in [0.4, 0.5) is 11.9 Å². The minimum absolute atomic E-state index is 0.231. The quantitative estimate of drug-likeness (QED) is 0.906. The fourth-order valence-electron chi connectivity index (χ4n) is 2.72. The summed E-state index contributed by atoms with van der Waals surface area (Å²) in [7, 11) is 0. The van der Waals surface area contributed by atoms with E-state index in [9.17, 15) is 0 Å². The van der Waals surface area contributed by atoms with Gasteiger partial charge >= 0.3 is 0 Å². The van der Waals surface area contributed by atoms with Gasteiger partial charge in [0, 0.05) is 25.0 Å². The molecule has 1 fully saturated rings. The van der Waals surface area contributed by atoms with Crippen LogP contribution in [0.25, 0.3) is 5.95 Å². The largest absolute Gasteiger partial charge is 0.368 e. The van der Waals surface area contributed by atoms with Crippen molar-refractivity contribution in [2.75, 3.05) is 17.2 Å². The average molecular weight is 273 g/mol. The Bertz CT molecular complexity index is 578. The van der Waals surface area contributed by atoms with Crippen LogP contribution in [-0.4, -0.2) is 37.3 Å². The third kappa shape index (κ3) is 2.31. The zero-order chi connectivity index (χ0) is 14.1. The van der Waals surface area contributed by atoms with Gasteiger partial charge in [-0.15, -0.1) is 0 Å². The number of nitrogens with two attached hydrogens (primary N) is 1. The number of aromatic nitrogens is 5. The normalized spacial score (nSPS) is 18.9. The van der Waals surface area contributed by atoms with E-state index >= 15 is 0 Å². The highest BCUT2D eigenvalue weighted by molar-refractivity contribution is 5.40.